The molecule has 28 heavy (non-hydrogen) atoms. The van der Waals surface area contributed by atoms with Crippen molar-refractivity contribution < 1.29 is 9.59 Å². The number of piperidine rings is 1. The molecule has 2 heterocycles. The molecule has 2 N–H and O–H groups in total. The number of nitrogens with zero attached hydrogens (tertiary/aromatic N) is 4. The Kier molecular flexibility index (Phi) is 7.13. The fourth-order valence-corrected chi connectivity index (χ4v) is 3.32. The molecule has 150 valence electrons. The summed E-state index contributed by atoms with van der Waals surface area (Å²) >= 11 is 0. The first kappa shape index (κ1) is 20.0. The van der Waals surface area contributed by atoms with Crippen LogP contribution in [-0.2, 0) is 16.1 Å². The molecule has 8 nitrogen and oxygen atoms in total. The Morgan fingerprint density at radius 3 is 2.68 bits per heavy atom. The molecule has 0 spiro atoms. The molecule has 2 aromatic rings. The second kappa shape index (κ2) is 9.98. The van der Waals surface area contributed by atoms with Crippen LogP contribution in [0.3, 0.4) is 0 Å². The van der Waals surface area contributed by atoms with Crippen LogP contribution in [0.4, 0.5) is 11.4 Å². The minimum absolute atomic E-state index is 0.0127. The zero-order valence-corrected chi connectivity index (χ0v) is 16.4. The van der Waals surface area contributed by atoms with E-state index in [1.54, 1.807) is 11.0 Å². The quantitative estimate of drug-likeness (QED) is 0.729. The first-order valence-corrected chi connectivity index (χ1v) is 9.85. The summed E-state index contributed by atoms with van der Waals surface area (Å²) in [5, 5.41) is 9.90. The Balaban J connectivity index is 1.48. The summed E-state index contributed by atoms with van der Waals surface area (Å²) in [5.74, 6) is -0.0733. The second-order valence-electron chi connectivity index (χ2n) is 7.22. The molecule has 0 unspecified atom stereocenters. The van der Waals surface area contributed by atoms with Crippen LogP contribution < -0.4 is 10.6 Å². The fraction of sp³-hybridized carbons (Fsp3) is 0.500. The molecule has 0 aliphatic carbocycles. The fourth-order valence-electron chi connectivity index (χ4n) is 3.32. The zero-order valence-electron chi connectivity index (χ0n) is 16.4. The third-order valence-electron chi connectivity index (χ3n) is 4.87. The number of carbonyl (C=O) groups is 2. The van der Waals surface area contributed by atoms with E-state index in [1.807, 2.05) is 25.1 Å². The Labute approximate surface area is 165 Å². The molecule has 0 radical (unpaired) electrons. The lowest BCUT2D eigenvalue weighted by molar-refractivity contribution is -0.117. The van der Waals surface area contributed by atoms with Gasteiger partial charge in [-0.15, -0.1) is 0 Å². The Bertz CT molecular complexity index is 784. The number of nitrogens with one attached hydrogen (secondary N) is 2. The number of rotatable bonds is 8. The van der Waals surface area contributed by atoms with Gasteiger partial charge in [-0.25, -0.2) is 4.98 Å². The summed E-state index contributed by atoms with van der Waals surface area (Å²) in [6, 6.07) is 5.57. The molecule has 3 rings (SSSR count). The van der Waals surface area contributed by atoms with Gasteiger partial charge in [0.25, 0.3) is 0 Å². The molecule has 0 saturated carbocycles. The van der Waals surface area contributed by atoms with Crippen LogP contribution >= 0.6 is 0 Å². The van der Waals surface area contributed by atoms with Gasteiger partial charge in [-0.05, 0) is 57.0 Å². The molecule has 0 bridgehead atoms. The van der Waals surface area contributed by atoms with Gasteiger partial charge in [-0.2, -0.15) is 5.10 Å². The van der Waals surface area contributed by atoms with E-state index < -0.39 is 0 Å². The number of hydrogen-bond acceptors (Lipinski definition) is 5. The lowest BCUT2D eigenvalue weighted by atomic mass is 10.1. The van der Waals surface area contributed by atoms with Crippen molar-refractivity contribution in [1.29, 1.82) is 0 Å². The molecule has 0 atom stereocenters. The van der Waals surface area contributed by atoms with Gasteiger partial charge in [0.1, 0.15) is 12.7 Å². The highest BCUT2D eigenvalue weighted by Gasteiger charge is 2.15. The number of benzene rings is 1. The topological polar surface area (TPSA) is 92.1 Å². The van der Waals surface area contributed by atoms with E-state index in [0.717, 1.165) is 37.2 Å². The largest absolute Gasteiger partial charge is 0.326 e. The van der Waals surface area contributed by atoms with Gasteiger partial charge >= 0.3 is 0 Å². The highest BCUT2D eigenvalue weighted by atomic mass is 16.2. The Morgan fingerprint density at radius 1 is 1.11 bits per heavy atom. The third-order valence-corrected chi connectivity index (χ3v) is 4.87. The zero-order chi connectivity index (χ0) is 19.8. The van der Waals surface area contributed by atoms with Crippen molar-refractivity contribution in [3.63, 3.8) is 0 Å². The van der Waals surface area contributed by atoms with Gasteiger partial charge < -0.3 is 10.6 Å². The number of aromatic nitrogens is 3. The third kappa shape index (κ3) is 6.16. The van der Waals surface area contributed by atoms with E-state index in [-0.39, 0.29) is 11.8 Å². The van der Waals surface area contributed by atoms with Crippen molar-refractivity contribution in [3.8, 4) is 0 Å². The first-order valence-electron chi connectivity index (χ1n) is 9.85. The lowest BCUT2D eigenvalue weighted by Gasteiger charge is -2.25. The average Bonchev–Trinajstić information content (AvgIpc) is 3.19. The number of carbonyl (C=O) groups excluding carboxylic acids is 2. The highest BCUT2D eigenvalue weighted by Crippen LogP contribution is 2.21. The molecule has 1 aliphatic heterocycles. The lowest BCUT2D eigenvalue weighted by Crippen LogP contribution is -2.36. The van der Waals surface area contributed by atoms with Gasteiger partial charge in [0.15, 0.2) is 0 Å². The normalized spacial score (nSPS) is 14.6. The van der Waals surface area contributed by atoms with Gasteiger partial charge in [0.2, 0.25) is 11.8 Å². The Hall–Kier alpha value is -2.74. The predicted molar refractivity (Wildman–Crippen MR) is 108 cm³/mol. The van der Waals surface area contributed by atoms with Crippen LogP contribution in [0.2, 0.25) is 0 Å². The monoisotopic (exact) mass is 384 g/mol. The first-order chi connectivity index (χ1) is 13.6. The van der Waals surface area contributed by atoms with Gasteiger partial charge in [-0.3, -0.25) is 19.2 Å². The molecule has 2 amide bonds. The molecule has 1 fully saturated rings. The molecular weight excluding hydrogens is 356 g/mol. The van der Waals surface area contributed by atoms with Crippen LogP contribution in [0.25, 0.3) is 0 Å². The SMILES string of the molecule is Cc1ccc(NC(=O)CCCn2cncn2)cc1NC(=O)CN1CCCCC1. The van der Waals surface area contributed by atoms with Crippen molar-refractivity contribution in [2.75, 3.05) is 30.3 Å². The van der Waals surface area contributed by atoms with Crippen molar-refractivity contribution in [2.45, 2.75) is 45.6 Å². The van der Waals surface area contributed by atoms with E-state index in [2.05, 4.69) is 25.6 Å². The smallest absolute Gasteiger partial charge is 0.238 e. The minimum atomic E-state index is -0.0606. The van der Waals surface area contributed by atoms with Crippen LogP contribution in [0, 0.1) is 6.92 Å². The molecule has 1 saturated heterocycles. The summed E-state index contributed by atoms with van der Waals surface area (Å²) in [7, 11) is 0. The van der Waals surface area contributed by atoms with E-state index in [4.69, 9.17) is 0 Å². The van der Waals surface area contributed by atoms with Crippen LogP contribution in [-0.4, -0.2) is 51.1 Å². The number of amides is 2. The molecule has 1 aromatic carbocycles. The number of hydrogen-bond donors (Lipinski definition) is 2. The maximum absolute atomic E-state index is 12.4. The summed E-state index contributed by atoms with van der Waals surface area (Å²) in [4.78, 5) is 30.6. The average molecular weight is 384 g/mol. The van der Waals surface area contributed by atoms with Crippen molar-refractivity contribution in [2.24, 2.45) is 0 Å². The van der Waals surface area contributed by atoms with Crippen LogP contribution in [0.1, 0.15) is 37.7 Å². The molecule has 1 aliphatic rings. The van der Waals surface area contributed by atoms with Crippen LogP contribution in [0.5, 0.6) is 0 Å². The van der Waals surface area contributed by atoms with E-state index in [9.17, 15) is 9.59 Å². The van der Waals surface area contributed by atoms with Crippen molar-refractivity contribution in [1.82, 2.24) is 19.7 Å². The number of aryl methyl sites for hydroxylation is 2. The van der Waals surface area contributed by atoms with E-state index >= 15 is 0 Å². The maximum atomic E-state index is 12.4. The highest BCUT2D eigenvalue weighted by molar-refractivity contribution is 5.95. The molecule has 8 heteroatoms. The number of anilines is 2. The number of likely N-dealkylation sites (tertiary alicyclic amines) is 1. The summed E-state index contributed by atoms with van der Waals surface area (Å²) in [5.41, 5.74) is 2.39. The van der Waals surface area contributed by atoms with Gasteiger partial charge in [0, 0.05) is 24.3 Å². The van der Waals surface area contributed by atoms with E-state index in [0.29, 0.717) is 31.6 Å². The predicted octanol–water partition coefficient (Wildman–Crippen LogP) is 2.43. The van der Waals surface area contributed by atoms with E-state index in [1.165, 1.54) is 12.7 Å². The van der Waals surface area contributed by atoms with Crippen LogP contribution in [0.15, 0.2) is 30.9 Å². The molecule has 1 aromatic heterocycles. The van der Waals surface area contributed by atoms with Crippen molar-refractivity contribution in [3.05, 3.63) is 36.4 Å². The molecular formula is C20H28N6O2. The second-order valence-corrected chi connectivity index (χ2v) is 7.22. The Morgan fingerprint density at radius 2 is 1.93 bits per heavy atom. The minimum Gasteiger partial charge on any atom is -0.326 e. The standard InChI is InChI=1S/C20H28N6O2/c1-16-7-8-17(23-19(27)6-5-11-26-15-21-14-22-26)12-18(16)24-20(28)13-25-9-3-2-4-10-25/h7-8,12,14-15H,2-6,9-11,13H2,1H3,(H,23,27)(H,24,28). The van der Waals surface area contributed by atoms with Gasteiger partial charge in [0.05, 0.1) is 6.54 Å². The van der Waals surface area contributed by atoms with Gasteiger partial charge in [-0.1, -0.05) is 12.5 Å². The summed E-state index contributed by atoms with van der Waals surface area (Å²) < 4.78 is 1.70. The maximum Gasteiger partial charge on any atom is 0.238 e. The van der Waals surface area contributed by atoms with Crippen molar-refractivity contribution >= 4 is 23.2 Å². The summed E-state index contributed by atoms with van der Waals surface area (Å²) in [6.07, 6.45) is 7.75. The summed E-state index contributed by atoms with van der Waals surface area (Å²) in [6.45, 7) is 4.98.